The van der Waals surface area contributed by atoms with Crippen LogP contribution in [0.25, 0.3) is 0 Å². The van der Waals surface area contributed by atoms with Gasteiger partial charge in [0.2, 0.25) is 0 Å². The molecule has 0 saturated carbocycles. The molecule has 0 spiro atoms. The van der Waals surface area contributed by atoms with Gasteiger partial charge in [-0.2, -0.15) is 13.2 Å². The first-order valence-electron chi connectivity index (χ1n) is 7.87. The van der Waals surface area contributed by atoms with Gasteiger partial charge in [-0.1, -0.05) is 27.7 Å². The average molecular weight is 310 g/mol. The van der Waals surface area contributed by atoms with Gasteiger partial charge in [-0.3, -0.25) is 4.90 Å². The lowest BCUT2D eigenvalue weighted by molar-refractivity contribution is -0.175. The van der Waals surface area contributed by atoms with Crippen LogP contribution >= 0.6 is 0 Å². The molecule has 0 aromatic carbocycles. The van der Waals surface area contributed by atoms with Crippen LogP contribution in [-0.4, -0.2) is 55.5 Å². The molecule has 1 fully saturated rings. The Hall–Kier alpha value is -0.330. The quantitative estimate of drug-likeness (QED) is 0.732. The Bertz CT molecular complexity index is 304. The molecule has 1 N–H and O–H groups in total. The second-order valence-corrected chi connectivity index (χ2v) is 6.28. The van der Waals surface area contributed by atoms with E-state index < -0.39 is 12.8 Å². The van der Waals surface area contributed by atoms with Crippen molar-refractivity contribution in [1.29, 1.82) is 0 Å². The van der Waals surface area contributed by atoms with E-state index in [0.717, 1.165) is 25.9 Å². The minimum Gasteiger partial charge on any atom is -0.371 e. The van der Waals surface area contributed by atoms with Crippen molar-refractivity contribution >= 4 is 0 Å². The molecule has 6 heteroatoms. The number of hydrogen-bond donors (Lipinski definition) is 1. The van der Waals surface area contributed by atoms with Crippen molar-refractivity contribution in [2.75, 3.05) is 32.8 Å². The number of halogens is 3. The molecule has 1 aliphatic heterocycles. The summed E-state index contributed by atoms with van der Waals surface area (Å²) in [5.41, 5.74) is 0.0347. The molecule has 0 amide bonds. The zero-order valence-corrected chi connectivity index (χ0v) is 13.6. The van der Waals surface area contributed by atoms with E-state index in [-0.39, 0.29) is 12.1 Å². The Morgan fingerprint density at radius 3 is 2.38 bits per heavy atom. The van der Waals surface area contributed by atoms with Crippen LogP contribution in [-0.2, 0) is 4.74 Å². The molecular formula is C15H29F3N2O. The fraction of sp³-hybridized carbons (Fsp3) is 1.00. The van der Waals surface area contributed by atoms with E-state index in [4.69, 9.17) is 4.74 Å². The van der Waals surface area contributed by atoms with Crippen LogP contribution < -0.4 is 5.32 Å². The zero-order valence-electron chi connectivity index (χ0n) is 13.6. The lowest BCUT2D eigenvalue weighted by atomic mass is 9.85. The number of piperazine rings is 1. The van der Waals surface area contributed by atoms with Crippen molar-refractivity contribution in [3.8, 4) is 0 Å². The monoisotopic (exact) mass is 310 g/mol. The number of nitrogens with one attached hydrogen (secondary N) is 1. The third-order valence-electron chi connectivity index (χ3n) is 4.67. The maximum Gasteiger partial charge on any atom is 0.411 e. The summed E-state index contributed by atoms with van der Waals surface area (Å²) < 4.78 is 41.2. The summed E-state index contributed by atoms with van der Waals surface area (Å²) in [6.07, 6.45) is -2.27. The van der Waals surface area contributed by atoms with Gasteiger partial charge in [0.05, 0.1) is 6.61 Å². The van der Waals surface area contributed by atoms with Gasteiger partial charge in [0.1, 0.15) is 6.61 Å². The van der Waals surface area contributed by atoms with Crippen LogP contribution in [0.2, 0.25) is 0 Å². The summed E-state index contributed by atoms with van der Waals surface area (Å²) in [6, 6.07) is 0.388. The van der Waals surface area contributed by atoms with Crippen molar-refractivity contribution < 1.29 is 17.9 Å². The Morgan fingerprint density at radius 1 is 1.29 bits per heavy atom. The van der Waals surface area contributed by atoms with E-state index in [0.29, 0.717) is 18.5 Å². The third-order valence-corrected chi connectivity index (χ3v) is 4.67. The Morgan fingerprint density at radius 2 is 1.90 bits per heavy atom. The molecule has 1 aliphatic rings. The molecule has 21 heavy (non-hydrogen) atoms. The smallest absolute Gasteiger partial charge is 0.371 e. The van der Waals surface area contributed by atoms with Crippen LogP contribution in [0.1, 0.15) is 40.5 Å². The molecule has 0 bridgehead atoms. The minimum absolute atomic E-state index is 0.0347. The van der Waals surface area contributed by atoms with Crippen molar-refractivity contribution in [3.05, 3.63) is 0 Å². The summed E-state index contributed by atoms with van der Waals surface area (Å²) in [5.74, 6) is 0.510. The Kier molecular flexibility index (Phi) is 6.94. The molecule has 0 radical (unpaired) electrons. The van der Waals surface area contributed by atoms with Gasteiger partial charge >= 0.3 is 6.18 Å². The van der Waals surface area contributed by atoms with E-state index in [2.05, 4.69) is 37.9 Å². The minimum atomic E-state index is -4.24. The number of ether oxygens (including phenoxy) is 1. The summed E-state index contributed by atoms with van der Waals surface area (Å²) in [7, 11) is 0. The van der Waals surface area contributed by atoms with Gasteiger partial charge in [0, 0.05) is 31.2 Å². The second kappa shape index (κ2) is 7.79. The van der Waals surface area contributed by atoms with E-state index in [9.17, 15) is 13.2 Å². The molecule has 0 aromatic heterocycles. The van der Waals surface area contributed by atoms with E-state index in [1.165, 1.54) is 0 Å². The highest BCUT2D eigenvalue weighted by Gasteiger charge is 2.39. The summed E-state index contributed by atoms with van der Waals surface area (Å²) in [5, 5.41) is 3.59. The first-order chi connectivity index (χ1) is 9.74. The predicted molar refractivity (Wildman–Crippen MR) is 78.4 cm³/mol. The number of nitrogens with zero attached hydrogens (tertiary/aromatic N) is 1. The van der Waals surface area contributed by atoms with Gasteiger partial charge in [-0.05, 0) is 18.8 Å². The zero-order chi connectivity index (χ0) is 16.1. The maximum atomic E-state index is 12.1. The maximum absolute atomic E-state index is 12.1. The van der Waals surface area contributed by atoms with Gasteiger partial charge in [0.25, 0.3) is 0 Å². The third kappa shape index (κ3) is 5.42. The highest BCUT2D eigenvalue weighted by molar-refractivity contribution is 4.98. The Balaban J connectivity index is 2.58. The molecule has 3 nitrogen and oxygen atoms in total. The summed E-state index contributed by atoms with van der Waals surface area (Å²) in [6.45, 7) is 9.92. The topological polar surface area (TPSA) is 24.5 Å². The lowest BCUT2D eigenvalue weighted by Gasteiger charge is -2.50. The number of alkyl halides is 3. The Labute approximate surface area is 126 Å². The van der Waals surface area contributed by atoms with Gasteiger partial charge in [-0.15, -0.1) is 0 Å². The van der Waals surface area contributed by atoms with E-state index in [1.54, 1.807) is 0 Å². The summed E-state index contributed by atoms with van der Waals surface area (Å²) >= 11 is 0. The van der Waals surface area contributed by atoms with Crippen molar-refractivity contribution in [1.82, 2.24) is 10.2 Å². The van der Waals surface area contributed by atoms with Crippen LogP contribution in [0.5, 0.6) is 0 Å². The molecule has 1 saturated heterocycles. The van der Waals surface area contributed by atoms with Crippen LogP contribution in [0.3, 0.4) is 0 Å². The van der Waals surface area contributed by atoms with Crippen molar-refractivity contribution in [2.24, 2.45) is 5.92 Å². The number of rotatable bonds is 7. The normalized spacial score (nSPS) is 23.7. The highest BCUT2D eigenvalue weighted by Crippen LogP contribution is 2.28. The molecule has 0 aliphatic carbocycles. The highest BCUT2D eigenvalue weighted by atomic mass is 19.4. The predicted octanol–water partition coefficient (Wildman–Crippen LogP) is 3.05. The van der Waals surface area contributed by atoms with Crippen LogP contribution in [0.15, 0.2) is 0 Å². The molecule has 1 unspecified atom stereocenters. The standard InChI is InChI=1S/C15H29F3N2O/c1-5-14(6-2)10-19-13(12(3)4)9-20(14)7-8-21-11-15(16,17)18/h12-13,19H,5-11H2,1-4H3. The SMILES string of the molecule is CCC1(CC)CNC(C(C)C)CN1CCOCC(F)(F)F. The van der Waals surface area contributed by atoms with E-state index in [1.807, 2.05) is 0 Å². The molecule has 1 atom stereocenters. The van der Waals surface area contributed by atoms with Crippen molar-refractivity contribution in [3.63, 3.8) is 0 Å². The summed E-state index contributed by atoms with van der Waals surface area (Å²) in [4.78, 5) is 2.32. The fourth-order valence-electron chi connectivity index (χ4n) is 3.01. The first-order valence-corrected chi connectivity index (χ1v) is 7.87. The van der Waals surface area contributed by atoms with Gasteiger partial charge in [-0.25, -0.2) is 0 Å². The molecule has 0 aromatic rings. The van der Waals surface area contributed by atoms with E-state index >= 15 is 0 Å². The van der Waals surface area contributed by atoms with Gasteiger partial charge in [0.15, 0.2) is 0 Å². The lowest BCUT2D eigenvalue weighted by Crippen LogP contribution is -2.65. The fourth-order valence-corrected chi connectivity index (χ4v) is 3.01. The molecule has 1 rings (SSSR count). The van der Waals surface area contributed by atoms with Gasteiger partial charge < -0.3 is 10.1 Å². The molecular weight excluding hydrogens is 281 g/mol. The molecule has 1 heterocycles. The average Bonchev–Trinajstić information content (AvgIpc) is 2.42. The van der Waals surface area contributed by atoms with Crippen LogP contribution in [0, 0.1) is 5.92 Å². The van der Waals surface area contributed by atoms with Crippen LogP contribution in [0.4, 0.5) is 13.2 Å². The second-order valence-electron chi connectivity index (χ2n) is 6.28. The largest absolute Gasteiger partial charge is 0.411 e. The number of hydrogen-bond acceptors (Lipinski definition) is 3. The molecule has 126 valence electrons. The first kappa shape index (κ1) is 18.7. The van der Waals surface area contributed by atoms with Crippen molar-refractivity contribution in [2.45, 2.75) is 58.3 Å².